The smallest absolute Gasteiger partial charge is 0.225 e. The highest BCUT2D eigenvalue weighted by Crippen LogP contribution is 2.29. The van der Waals surface area contributed by atoms with Crippen LogP contribution < -0.4 is 4.74 Å². The second-order valence-electron chi connectivity index (χ2n) is 4.05. The van der Waals surface area contributed by atoms with Crippen molar-refractivity contribution >= 4 is 22.6 Å². The lowest BCUT2D eigenvalue weighted by atomic mass is 10.1. The Morgan fingerprint density at radius 2 is 2.00 bits per heavy atom. The summed E-state index contributed by atoms with van der Waals surface area (Å²) in [4.78, 5) is 4.36. The van der Waals surface area contributed by atoms with Gasteiger partial charge < -0.3 is 9.84 Å². The third-order valence-electron chi connectivity index (χ3n) is 2.64. The number of hydrogen-bond donors (Lipinski definition) is 1. The van der Waals surface area contributed by atoms with Crippen molar-refractivity contribution in [1.82, 2.24) is 4.98 Å². The maximum atomic E-state index is 9.42. The molecular weight excluding hydrogens is 341 g/mol. The molecule has 0 spiro atoms. The van der Waals surface area contributed by atoms with E-state index in [1.807, 2.05) is 44.2 Å². The van der Waals surface area contributed by atoms with Crippen molar-refractivity contribution in [2.75, 3.05) is 0 Å². The number of pyridine rings is 1. The van der Waals surface area contributed by atoms with Crippen LogP contribution in [0.5, 0.6) is 11.6 Å². The number of aromatic nitrogens is 1. The Kier molecular flexibility index (Phi) is 4.19. The summed E-state index contributed by atoms with van der Waals surface area (Å²) in [7, 11) is 0. The largest absolute Gasteiger partial charge is 0.438 e. The summed E-state index contributed by atoms with van der Waals surface area (Å²) in [5.41, 5.74) is 2.61. The van der Waals surface area contributed by atoms with Gasteiger partial charge in [-0.2, -0.15) is 0 Å². The molecule has 0 atom stereocenters. The van der Waals surface area contributed by atoms with E-state index >= 15 is 0 Å². The minimum atomic E-state index is -0.0716. The normalized spacial score (nSPS) is 10.4. The second-order valence-corrected chi connectivity index (χ2v) is 5.22. The van der Waals surface area contributed by atoms with Gasteiger partial charge in [-0.15, -0.1) is 0 Å². The molecule has 2 aromatic rings. The average Bonchev–Trinajstić information content (AvgIpc) is 2.31. The molecule has 1 heterocycles. The van der Waals surface area contributed by atoms with Gasteiger partial charge in [-0.05, 0) is 60.2 Å². The molecule has 94 valence electrons. The zero-order valence-electron chi connectivity index (χ0n) is 10.3. The molecule has 0 radical (unpaired) electrons. The van der Waals surface area contributed by atoms with E-state index in [0.29, 0.717) is 5.88 Å². The Labute approximate surface area is 120 Å². The van der Waals surface area contributed by atoms with Crippen LogP contribution in [0.2, 0.25) is 0 Å². The molecule has 1 aromatic heterocycles. The zero-order chi connectivity index (χ0) is 13.1. The van der Waals surface area contributed by atoms with Crippen molar-refractivity contribution in [2.24, 2.45) is 0 Å². The quantitative estimate of drug-likeness (QED) is 0.856. The highest BCUT2D eigenvalue weighted by Gasteiger charge is 2.11. The molecule has 0 saturated heterocycles. The van der Waals surface area contributed by atoms with E-state index in [2.05, 4.69) is 27.6 Å². The van der Waals surface area contributed by atoms with Crippen molar-refractivity contribution in [2.45, 2.75) is 20.5 Å². The van der Waals surface area contributed by atoms with E-state index in [0.717, 1.165) is 26.1 Å². The first-order chi connectivity index (χ1) is 8.61. The highest BCUT2D eigenvalue weighted by molar-refractivity contribution is 14.1. The molecule has 0 aliphatic heterocycles. The molecule has 3 nitrogen and oxygen atoms in total. The molecule has 18 heavy (non-hydrogen) atoms. The first-order valence-electron chi connectivity index (χ1n) is 5.62. The Bertz CT molecular complexity index is 570. The number of aliphatic hydroxyl groups excluding tert-OH is 1. The van der Waals surface area contributed by atoms with Crippen molar-refractivity contribution in [3.05, 3.63) is 50.7 Å². The monoisotopic (exact) mass is 355 g/mol. The van der Waals surface area contributed by atoms with Gasteiger partial charge in [0.1, 0.15) is 5.75 Å². The Balaban J connectivity index is 2.43. The van der Waals surface area contributed by atoms with E-state index in [-0.39, 0.29) is 6.61 Å². The third-order valence-corrected chi connectivity index (χ3v) is 3.53. The van der Waals surface area contributed by atoms with Crippen LogP contribution in [0.25, 0.3) is 0 Å². The molecule has 0 amide bonds. The summed E-state index contributed by atoms with van der Waals surface area (Å²) < 4.78 is 6.83. The Morgan fingerprint density at radius 3 is 2.67 bits per heavy atom. The first kappa shape index (κ1) is 13.3. The number of rotatable bonds is 3. The number of ether oxygens (including phenoxy) is 1. The third kappa shape index (κ3) is 2.81. The molecule has 1 N–H and O–H groups in total. The number of nitrogens with zero attached hydrogens (tertiary/aromatic N) is 1. The van der Waals surface area contributed by atoms with Crippen LogP contribution >= 0.6 is 22.6 Å². The molecule has 4 heteroatoms. The number of para-hydroxylation sites is 1. The molecule has 1 aromatic carbocycles. The Morgan fingerprint density at radius 1 is 1.28 bits per heavy atom. The van der Waals surface area contributed by atoms with Crippen LogP contribution in [-0.4, -0.2) is 10.1 Å². The van der Waals surface area contributed by atoms with Crippen LogP contribution in [0.3, 0.4) is 0 Å². The SMILES string of the molecule is Cc1cc(C)c(CO)c(Oc2ccccc2I)n1. The number of aliphatic hydroxyl groups is 1. The predicted molar refractivity (Wildman–Crippen MR) is 78.9 cm³/mol. The van der Waals surface area contributed by atoms with Gasteiger partial charge in [-0.1, -0.05) is 12.1 Å². The summed E-state index contributed by atoms with van der Waals surface area (Å²) >= 11 is 2.21. The summed E-state index contributed by atoms with van der Waals surface area (Å²) in [5.74, 6) is 1.24. The lowest BCUT2D eigenvalue weighted by Gasteiger charge is -2.12. The van der Waals surface area contributed by atoms with E-state index < -0.39 is 0 Å². The Hall–Kier alpha value is -1.14. The molecule has 0 aliphatic carbocycles. The van der Waals surface area contributed by atoms with Crippen molar-refractivity contribution in [3.8, 4) is 11.6 Å². The van der Waals surface area contributed by atoms with Gasteiger partial charge in [0.05, 0.1) is 10.2 Å². The standard InChI is InChI=1S/C14H14INO2/c1-9-7-10(2)16-14(11(9)8-17)18-13-6-4-3-5-12(13)15/h3-7,17H,8H2,1-2H3. The second kappa shape index (κ2) is 5.67. The van der Waals surface area contributed by atoms with Gasteiger partial charge in [0, 0.05) is 11.3 Å². The maximum absolute atomic E-state index is 9.42. The average molecular weight is 355 g/mol. The molecule has 2 rings (SSSR count). The van der Waals surface area contributed by atoms with Gasteiger partial charge in [0.2, 0.25) is 5.88 Å². The van der Waals surface area contributed by atoms with Gasteiger partial charge in [-0.25, -0.2) is 4.98 Å². The number of halogens is 1. The first-order valence-corrected chi connectivity index (χ1v) is 6.70. The lowest BCUT2D eigenvalue weighted by molar-refractivity contribution is 0.274. The molecule has 0 saturated carbocycles. The fourth-order valence-electron chi connectivity index (χ4n) is 1.74. The summed E-state index contributed by atoms with van der Waals surface area (Å²) in [6, 6.07) is 9.67. The summed E-state index contributed by atoms with van der Waals surface area (Å²) in [6.45, 7) is 3.79. The van der Waals surface area contributed by atoms with Gasteiger partial charge in [-0.3, -0.25) is 0 Å². The van der Waals surface area contributed by atoms with E-state index in [1.54, 1.807) is 0 Å². The van der Waals surface area contributed by atoms with Crippen LogP contribution in [0.4, 0.5) is 0 Å². The summed E-state index contributed by atoms with van der Waals surface area (Å²) in [6.07, 6.45) is 0. The van der Waals surface area contributed by atoms with Crippen molar-refractivity contribution in [3.63, 3.8) is 0 Å². The highest BCUT2D eigenvalue weighted by atomic mass is 127. The van der Waals surface area contributed by atoms with Crippen LogP contribution in [0, 0.1) is 17.4 Å². The molecule has 0 aliphatic rings. The van der Waals surface area contributed by atoms with E-state index in [1.165, 1.54) is 0 Å². The topological polar surface area (TPSA) is 42.4 Å². The minimum absolute atomic E-state index is 0.0716. The number of hydrogen-bond acceptors (Lipinski definition) is 3. The number of benzene rings is 1. The predicted octanol–water partition coefficient (Wildman–Crippen LogP) is 3.59. The van der Waals surface area contributed by atoms with Crippen LogP contribution in [-0.2, 0) is 6.61 Å². The van der Waals surface area contributed by atoms with Gasteiger partial charge >= 0.3 is 0 Å². The van der Waals surface area contributed by atoms with Gasteiger partial charge in [0.25, 0.3) is 0 Å². The lowest BCUT2D eigenvalue weighted by Crippen LogP contribution is -2.00. The van der Waals surface area contributed by atoms with Crippen molar-refractivity contribution in [1.29, 1.82) is 0 Å². The van der Waals surface area contributed by atoms with Crippen LogP contribution in [0.1, 0.15) is 16.8 Å². The van der Waals surface area contributed by atoms with Crippen LogP contribution in [0.15, 0.2) is 30.3 Å². The minimum Gasteiger partial charge on any atom is -0.438 e. The van der Waals surface area contributed by atoms with E-state index in [9.17, 15) is 5.11 Å². The molecular formula is C14H14INO2. The van der Waals surface area contributed by atoms with Crippen molar-refractivity contribution < 1.29 is 9.84 Å². The maximum Gasteiger partial charge on any atom is 0.225 e. The van der Waals surface area contributed by atoms with E-state index in [4.69, 9.17) is 4.74 Å². The fourth-order valence-corrected chi connectivity index (χ4v) is 2.23. The number of aryl methyl sites for hydroxylation is 2. The molecule has 0 bridgehead atoms. The zero-order valence-corrected chi connectivity index (χ0v) is 12.4. The van der Waals surface area contributed by atoms with Gasteiger partial charge in [0.15, 0.2) is 0 Å². The fraction of sp³-hybridized carbons (Fsp3) is 0.214. The molecule has 0 unspecified atom stereocenters. The summed E-state index contributed by atoms with van der Waals surface area (Å²) in [5, 5.41) is 9.42. The molecule has 0 fully saturated rings.